The Morgan fingerprint density at radius 2 is 1.61 bits per heavy atom. The molecule has 2 heterocycles. The van der Waals surface area contributed by atoms with Gasteiger partial charge >= 0.3 is 5.97 Å². The van der Waals surface area contributed by atoms with Gasteiger partial charge in [-0.1, -0.05) is 18.2 Å². The summed E-state index contributed by atoms with van der Waals surface area (Å²) in [6.07, 6.45) is 2.58. The van der Waals surface area contributed by atoms with Crippen molar-refractivity contribution in [2.24, 2.45) is 11.5 Å². The second kappa shape index (κ2) is 14.0. The number of carboxylic acid groups (broad SMARTS) is 1. The molecule has 5 atom stereocenters. The van der Waals surface area contributed by atoms with Gasteiger partial charge in [-0.25, -0.2) is 9.78 Å². The van der Waals surface area contributed by atoms with Crippen molar-refractivity contribution in [3.8, 4) is 0 Å². The van der Waals surface area contributed by atoms with Crippen LogP contribution in [0.3, 0.4) is 0 Å². The first-order chi connectivity index (χ1) is 19.5. The highest BCUT2D eigenvalue weighted by molar-refractivity contribution is 5.95. The number of nitrogens with one attached hydrogen (secondary N) is 5. The van der Waals surface area contributed by atoms with E-state index in [1.807, 2.05) is 24.3 Å². The summed E-state index contributed by atoms with van der Waals surface area (Å²) in [6, 6.07) is 1.97. The molecule has 3 aromatic rings. The van der Waals surface area contributed by atoms with Crippen LogP contribution in [0.1, 0.15) is 31.0 Å². The molecule has 41 heavy (non-hydrogen) atoms. The molecule has 220 valence electrons. The van der Waals surface area contributed by atoms with Crippen LogP contribution in [0.15, 0.2) is 43.0 Å². The third kappa shape index (κ3) is 8.61. The number of nitrogens with two attached hydrogens (primary N) is 2. The summed E-state index contributed by atoms with van der Waals surface area (Å²) in [6.45, 7) is 1.32. The fraction of sp³-hybridized carbons (Fsp3) is 0.385. The summed E-state index contributed by atoms with van der Waals surface area (Å²) >= 11 is 0. The molecule has 1 aromatic carbocycles. The van der Waals surface area contributed by atoms with Crippen LogP contribution >= 0.6 is 0 Å². The highest BCUT2D eigenvalue weighted by Gasteiger charge is 2.32. The standard InChI is InChI=1S/C26H34N8O7/c1-13(35)22(28)25(39)33-19(8-14-10-30-17-5-3-2-4-16(14)17)24(38)32-18(6-7-21(27)36)23(37)34-20(26(40)41)9-15-11-29-12-31-15/h2-5,10-13,18-20,22,30,35H,6-9,28H2,1H3,(H2,27,36)(H,29,31)(H,32,38)(H,33,39)(H,34,37)(H,40,41). The molecule has 0 spiro atoms. The monoisotopic (exact) mass is 570 g/mol. The van der Waals surface area contributed by atoms with Crippen molar-refractivity contribution in [3.05, 3.63) is 54.2 Å². The third-order valence-electron chi connectivity index (χ3n) is 6.46. The van der Waals surface area contributed by atoms with Crippen LogP contribution in [0.2, 0.25) is 0 Å². The Morgan fingerprint density at radius 1 is 0.951 bits per heavy atom. The van der Waals surface area contributed by atoms with E-state index in [2.05, 4.69) is 30.9 Å². The van der Waals surface area contributed by atoms with E-state index in [1.54, 1.807) is 6.20 Å². The van der Waals surface area contributed by atoms with Crippen molar-refractivity contribution in [2.45, 2.75) is 62.9 Å². The fourth-order valence-electron chi connectivity index (χ4n) is 4.13. The van der Waals surface area contributed by atoms with E-state index in [4.69, 9.17) is 11.5 Å². The van der Waals surface area contributed by atoms with Crippen LogP contribution < -0.4 is 27.4 Å². The zero-order valence-electron chi connectivity index (χ0n) is 22.3. The van der Waals surface area contributed by atoms with Gasteiger partial charge in [-0.15, -0.1) is 0 Å². The maximum Gasteiger partial charge on any atom is 0.326 e. The molecular weight excluding hydrogens is 536 g/mol. The smallest absolute Gasteiger partial charge is 0.326 e. The van der Waals surface area contributed by atoms with E-state index in [0.29, 0.717) is 11.3 Å². The van der Waals surface area contributed by atoms with Crippen molar-refractivity contribution in [1.29, 1.82) is 0 Å². The SMILES string of the molecule is CC(O)C(N)C(=O)NC(Cc1c[nH]c2ccccc12)C(=O)NC(CCC(N)=O)C(=O)NC(Cc1cnc[nH]1)C(=O)O. The number of aliphatic hydroxyl groups is 1. The number of imidazole rings is 1. The summed E-state index contributed by atoms with van der Waals surface area (Å²) < 4.78 is 0. The molecule has 2 aromatic heterocycles. The minimum atomic E-state index is -1.37. The van der Waals surface area contributed by atoms with Crippen LogP contribution in [-0.4, -0.2) is 85.0 Å². The largest absolute Gasteiger partial charge is 0.480 e. The number of H-pyrrole nitrogens is 2. The van der Waals surface area contributed by atoms with Gasteiger partial charge in [-0.2, -0.15) is 0 Å². The summed E-state index contributed by atoms with van der Waals surface area (Å²) in [4.78, 5) is 72.3. The molecule has 3 rings (SSSR count). The van der Waals surface area contributed by atoms with Crippen molar-refractivity contribution in [1.82, 2.24) is 30.9 Å². The molecule has 4 amide bonds. The van der Waals surface area contributed by atoms with E-state index in [1.165, 1.54) is 19.4 Å². The first-order valence-corrected chi connectivity index (χ1v) is 12.8. The van der Waals surface area contributed by atoms with E-state index in [-0.39, 0.29) is 25.7 Å². The first-order valence-electron chi connectivity index (χ1n) is 12.8. The highest BCUT2D eigenvalue weighted by atomic mass is 16.4. The maximum absolute atomic E-state index is 13.5. The van der Waals surface area contributed by atoms with Gasteiger partial charge in [-0.3, -0.25) is 19.2 Å². The molecule has 0 aliphatic rings. The van der Waals surface area contributed by atoms with E-state index in [9.17, 15) is 34.2 Å². The average molecular weight is 571 g/mol. The predicted octanol–water partition coefficient (Wildman–Crippen LogP) is -1.81. The third-order valence-corrected chi connectivity index (χ3v) is 6.46. The number of hydrogen-bond acceptors (Lipinski definition) is 8. The van der Waals surface area contributed by atoms with Gasteiger partial charge in [0.2, 0.25) is 23.6 Å². The van der Waals surface area contributed by atoms with Crippen LogP contribution in [0.25, 0.3) is 10.9 Å². The molecule has 15 nitrogen and oxygen atoms in total. The molecule has 0 radical (unpaired) electrons. The number of hydrogen-bond donors (Lipinski definition) is 9. The molecular formula is C26H34N8O7. The molecule has 0 saturated heterocycles. The van der Waals surface area contributed by atoms with Gasteiger partial charge in [0.1, 0.15) is 24.2 Å². The first kappa shape index (κ1) is 30.8. The predicted molar refractivity (Wildman–Crippen MR) is 146 cm³/mol. The number of primary amides is 1. The lowest BCUT2D eigenvalue weighted by Crippen LogP contribution is -2.58. The topological polar surface area (TPSA) is 258 Å². The number of aliphatic hydroxyl groups excluding tert-OH is 1. The number of fused-ring (bicyclic) bond motifs is 1. The van der Waals surface area contributed by atoms with Gasteiger partial charge in [0, 0.05) is 48.3 Å². The Morgan fingerprint density at radius 3 is 2.24 bits per heavy atom. The average Bonchev–Trinajstić information content (AvgIpc) is 3.59. The van der Waals surface area contributed by atoms with E-state index >= 15 is 0 Å². The molecule has 0 aliphatic heterocycles. The van der Waals surface area contributed by atoms with Gasteiger partial charge < -0.3 is 47.6 Å². The molecule has 15 heteroatoms. The number of carbonyl (C=O) groups is 5. The number of carbonyl (C=O) groups excluding carboxylic acids is 4. The minimum Gasteiger partial charge on any atom is -0.480 e. The lowest BCUT2D eigenvalue weighted by atomic mass is 10.0. The molecule has 0 saturated carbocycles. The minimum absolute atomic E-state index is 0.0180. The lowest BCUT2D eigenvalue weighted by Gasteiger charge is -2.25. The highest BCUT2D eigenvalue weighted by Crippen LogP contribution is 2.19. The Balaban J connectivity index is 1.83. The van der Waals surface area contributed by atoms with E-state index in [0.717, 1.165) is 10.9 Å². The number of amides is 4. The summed E-state index contributed by atoms with van der Waals surface area (Å²) in [5, 5.41) is 27.6. The molecule has 0 fully saturated rings. The Bertz CT molecular complexity index is 1370. The molecule has 11 N–H and O–H groups in total. The fourth-order valence-corrected chi connectivity index (χ4v) is 4.13. The number of aromatic nitrogens is 3. The second-order valence-electron chi connectivity index (χ2n) is 9.64. The maximum atomic E-state index is 13.5. The quantitative estimate of drug-likeness (QED) is 0.0995. The number of rotatable bonds is 15. The number of benzene rings is 1. The van der Waals surface area contributed by atoms with Crippen molar-refractivity contribution >= 4 is 40.5 Å². The van der Waals surface area contributed by atoms with Crippen LogP contribution in [0, 0.1) is 0 Å². The number of nitrogens with zero attached hydrogens (tertiary/aromatic N) is 1. The zero-order chi connectivity index (χ0) is 30.1. The second-order valence-corrected chi connectivity index (χ2v) is 9.64. The van der Waals surface area contributed by atoms with Crippen molar-refractivity contribution in [3.63, 3.8) is 0 Å². The molecule has 0 aliphatic carbocycles. The van der Waals surface area contributed by atoms with Gasteiger partial charge in [-0.05, 0) is 25.0 Å². The van der Waals surface area contributed by atoms with Gasteiger partial charge in [0.05, 0.1) is 12.4 Å². The Kier molecular flexibility index (Phi) is 10.5. The van der Waals surface area contributed by atoms with Crippen LogP contribution in [0.4, 0.5) is 0 Å². The number of aromatic amines is 2. The molecule has 0 bridgehead atoms. The summed E-state index contributed by atoms with van der Waals surface area (Å²) in [5.41, 5.74) is 12.9. The van der Waals surface area contributed by atoms with Gasteiger partial charge in [0.15, 0.2) is 0 Å². The summed E-state index contributed by atoms with van der Waals surface area (Å²) in [7, 11) is 0. The number of carboxylic acids is 1. The normalized spacial score (nSPS) is 14.8. The lowest BCUT2D eigenvalue weighted by molar-refractivity contribution is -0.142. The van der Waals surface area contributed by atoms with Crippen LogP contribution in [0.5, 0.6) is 0 Å². The van der Waals surface area contributed by atoms with Crippen LogP contribution in [-0.2, 0) is 36.8 Å². The van der Waals surface area contributed by atoms with Gasteiger partial charge in [0.25, 0.3) is 0 Å². The molecule has 5 unspecified atom stereocenters. The zero-order valence-corrected chi connectivity index (χ0v) is 22.3. The Labute approximate surface area is 234 Å². The number of para-hydroxylation sites is 1. The Hall–Kier alpha value is -4.76. The van der Waals surface area contributed by atoms with Crippen molar-refractivity contribution in [2.75, 3.05) is 0 Å². The van der Waals surface area contributed by atoms with E-state index < -0.39 is 59.9 Å². The van der Waals surface area contributed by atoms with Crippen molar-refractivity contribution < 1.29 is 34.2 Å². The summed E-state index contributed by atoms with van der Waals surface area (Å²) in [5.74, 6) is -4.54. The number of aliphatic carboxylic acids is 1.